The zero-order valence-corrected chi connectivity index (χ0v) is 12.8. The van der Waals surface area contributed by atoms with Crippen LogP contribution >= 0.6 is 11.3 Å². The number of amides is 1. The molecule has 3 rings (SSSR count). The molecular formula is C17H16N2OS. The first-order chi connectivity index (χ1) is 10.2. The van der Waals surface area contributed by atoms with Gasteiger partial charge in [0.05, 0.1) is 10.2 Å². The second-order valence-corrected chi connectivity index (χ2v) is 5.99. The molecular weight excluding hydrogens is 280 g/mol. The van der Waals surface area contributed by atoms with Crippen molar-refractivity contribution >= 4 is 32.6 Å². The molecule has 1 aromatic heterocycles. The number of hydrogen-bond donors (Lipinski definition) is 1. The Kier molecular flexibility index (Phi) is 3.71. The summed E-state index contributed by atoms with van der Waals surface area (Å²) in [5.41, 5.74) is 3.93. The Labute approximate surface area is 127 Å². The van der Waals surface area contributed by atoms with Crippen molar-refractivity contribution in [2.75, 3.05) is 5.32 Å². The molecule has 106 valence electrons. The lowest BCUT2D eigenvalue weighted by Crippen LogP contribution is -2.11. The van der Waals surface area contributed by atoms with Gasteiger partial charge in [0.2, 0.25) is 0 Å². The van der Waals surface area contributed by atoms with Gasteiger partial charge < -0.3 is 0 Å². The van der Waals surface area contributed by atoms with E-state index in [0.29, 0.717) is 10.7 Å². The van der Waals surface area contributed by atoms with Gasteiger partial charge in [-0.1, -0.05) is 48.1 Å². The number of carbonyl (C=O) groups is 1. The zero-order chi connectivity index (χ0) is 14.8. The average molecular weight is 296 g/mol. The van der Waals surface area contributed by atoms with Crippen LogP contribution in [0.4, 0.5) is 5.13 Å². The van der Waals surface area contributed by atoms with E-state index < -0.39 is 0 Å². The number of nitrogens with zero attached hydrogens (tertiary/aromatic N) is 1. The third-order valence-corrected chi connectivity index (χ3v) is 4.32. The van der Waals surface area contributed by atoms with Crippen molar-refractivity contribution < 1.29 is 4.79 Å². The summed E-state index contributed by atoms with van der Waals surface area (Å²) in [7, 11) is 0. The molecule has 0 aliphatic rings. The monoisotopic (exact) mass is 296 g/mol. The van der Waals surface area contributed by atoms with E-state index in [0.717, 1.165) is 22.2 Å². The average Bonchev–Trinajstić information content (AvgIpc) is 2.89. The normalized spacial score (nSPS) is 10.8. The van der Waals surface area contributed by atoms with Gasteiger partial charge in [-0.2, -0.15) is 0 Å². The Bertz CT molecular complexity index is 807. The second kappa shape index (κ2) is 5.66. The third kappa shape index (κ3) is 2.81. The molecule has 0 aliphatic heterocycles. The summed E-state index contributed by atoms with van der Waals surface area (Å²) in [6, 6.07) is 13.7. The molecule has 3 aromatic rings. The largest absolute Gasteiger partial charge is 0.298 e. The number of fused-ring (bicyclic) bond motifs is 1. The molecule has 0 saturated heterocycles. The predicted octanol–water partition coefficient (Wildman–Crippen LogP) is 4.42. The molecule has 2 aromatic carbocycles. The summed E-state index contributed by atoms with van der Waals surface area (Å²) in [5.74, 6) is -0.115. The Morgan fingerprint density at radius 3 is 2.81 bits per heavy atom. The molecule has 1 N–H and O–H groups in total. The maximum Gasteiger partial charge on any atom is 0.257 e. The summed E-state index contributed by atoms with van der Waals surface area (Å²) in [4.78, 5) is 16.8. The smallest absolute Gasteiger partial charge is 0.257 e. The van der Waals surface area contributed by atoms with Crippen molar-refractivity contribution in [2.24, 2.45) is 0 Å². The van der Waals surface area contributed by atoms with Crippen LogP contribution in [0.15, 0.2) is 42.5 Å². The van der Waals surface area contributed by atoms with Gasteiger partial charge in [-0.25, -0.2) is 4.98 Å². The van der Waals surface area contributed by atoms with Crippen LogP contribution in [-0.2, 0) is 6.42 Å². The number of aromatic nitrogens is 1. The fourth-order valence-corrected chi connectivity index (χ4v) is 3.21. The highest BCUT2D eigenvalue weighted by atomic mass is 32.1. The molecule has 0 fully saturated rings. The maximum absolute atomic E-state index is 12.3. The minimum absolute atomic E-state index is 0.115. The number of nitrogens with one attached hydrogen (secondary N) is 1. The Hall–Kier alpha value is -2.20. The molecule has 1 amide bonds. The van der Waals surface area contributed by atoms with Crippen molar-refractivity contribution in [3.8, 4) is 0 Å². The first kappa shape index (κ1) is 13.8. The van der Waals surface area contributed by atoms with E-state index in [9.17, 15) is 4.79 Å². The van der Waals surface area contributed by atoms with Crippen LogP contribution < -0.4 is 5.32 Å². The Morgan fingerprint density at radius 1 is 1.24 bits per heavy atom. The van der Waals surface area contributed by atoms with Crippen LogP contribution in [0, 0.1) is 6.92 Å². The number of aryl methyl sites for hydroxylation is 2. The molecule has 1 heterocycles. The molecule has 21 heavy (non-hydrogen) atoms. The number of benzene rings is 2. The highest BCUT2D eigenvalue weighted by Crippen LogP contribution is 2.28. The third-order valence-electron chi connectivity index (χ3n) is 3.38. The zero-order valence-electron chi connectivity index (χ0n) is 12.0. The van der Waals surface area contributed by atoms with Crippen molar-refractivity contribution in [2.45, 2.75) is 20.3 Å². The first-order valence-corrected chi connectivity index (χ1v) is 7.75. The molecule has 0 aliphatic carbocycles. The van der Waals surface area contributed by atoms with E-state index in [-0.39, 0.29) is 5.91 Å². The molecule has 0 saturated carbocycles. The van der Waals surface area contributed by atoms with Gasteiger partial charge in [0.25, 0.3) is 5.91 Å². The van der Waals surface area contributed by atoms with Crippen LogP contribution in [-0.4, -0.2) is 10.9 Å². The standard InChI is InChI=1S/C17H16N2OS/c1-3-12-7-5-9-14-15(12)18-17(21-14)19-16(20)13-8-4-6-11(2)10-13/h4-10H,3H2,1-2H3,(H,18,19,20). The molecule has 0 radical (unpaired) electrons. The first-order valence-electron chi connectivity index (χ1n) is 6.94. The van der Waals surface area contributed by atoms with Gasteiger partial charge in [0.15, 0.2) is 5.13 Å². The number of hydrogen-bond acceptors (Lipinski definition) is 3. The Balaban J connectivity index is 1.90. The van der Waals surface area contributed by atoms with E-state index >= 15 is 0 Å². The molecule has 0 atom stereocenters. The number of carbonyl (C=O) groups excluding carboxylic acids is 1. The minimum atomic E-state index is -0.115. The molecule has 4 heteroatoms. The molecule has 0 bridgehead atoms. The van der Waals surface area contributed by atoms with Crippen LogP contribution in [0.3, 0.4) is 0 Å². The van der Waals surface area contributed by atoms with Crippen LogP contribution in [0.25, 0.3) is 10.2 Å². The molecule has 0 unspecified atom stereocenters. The minimum Gasteiger partial charge on any atom is -0.298 e. The molecule has 3 nitrogen and oxygen atoms in total. The maximum atomic E-state index is 12.3. The van der Waals surface area contributed by atoms with Gasteiger partial charge in [0, 0.05) is 5.56 Å². The van der Waals surface area contributed by atoms with E-state index in [1.807, 2.05) is 43.3 Å². The van der Waals surface area contributed by atoms with Crippen molar-refractivity contribution in [3.63, 3.8) is 0 Å². The highest BCUT2D eigenvalue weighted by Gasteiger charge is 2.11. The highest BCUT2D eigenvalue weighted by molar-refractivity contribution is 7.22. The quantitative estimate of drug-likeness (QED) is 0.777. The topological polar surface area (TPSA) is 42.0 Å². The van der Waals surface area contributed by atoms with Crippen molar-refractivity contribution in [3.05, 3.63) is 59.2 Å². The fourth-order valence-electron chi connectivity index (χ4n) is 2.30. The fraction of sp³-hybridized carbons (Fsp3) is 0.176. The predicted molar refractivity (Wildman–Crippen MR) is 88.1 cm³/mol. The van der Waals surface area contributed by atoms with Gasteiger partial charge in [-0.05, 0) is 37.1 Å². The number of thiazole rings is 1. The van der Waals surface area contributed by atoms with Gasteiger partial charge in [-0.15, -0.1) is 0 Å². The van der Waals surface area contributed by atoms with E-state index in [1.54, 1.807) is 0 Å². The van der Waals surface area contributed by atoms with E-state index in [1.165, 1.54) is 16.9 Å². The molecule has 0 spiro atoms. The van der Waals surface area contributed by atoms with Crippen LogP contribution in [0.1, 0.15) is 28.4 Å². The lowest BCUT2D eigenvalue weighted by atomic mass is 10.1. The van der Waals surface area contributed by atoms with Crippen LogP contribution in [0.2, 0.25) is 0 Å². The van der Waals surface area contributed by atoms with Gasteiger partial charge >= 0.3 is 0 Å². The summed E-state index contributed by atoms with van der Waals surface area (Å²) in [6.45, 7) is 4.08. The SMILES string of the molecule is CCc1cccc2sc(NC(=O)c3cccc(C)c3)nc12. The lowest BCUT2D eigenvalue weighted by Gasteiger charge is -2.02. The van der Waals surface area contributed by atoms with Gasteiger partial charge in [0.1, 0.15) is 0 Å². The number of rotatable bonds is 3. The Morgan fingerprint density at radius 2 is 2.05 bits per heavy atom. The van der Waals surface area contributed by atoms with E-state index in [2.05, 4.69) is 23.3 Å². The van der Waals surface area contributed by atoms with Crippen molar-refractivity contribution in [1.82, 2.24) is 4.98 Å². The summed E-state index contributed by atoms with van der Waals surface area (Å²) >= 11 is 1.51. The summed E-state index contributed by atoms with van der Waals surface area (Å²) in [5, 5.41) is 3.55. The summed E-state index contributed by atoms with van der Waals surface area (Å²) in [6.07, 6.45) is 0.937. The number of anilines is 1. The second-order valence-electron chi connectivity index (χ2n) is 4.96. The van der Waals surface area contributed by atoms with Crippen LogP contribution in [0.5, 0.6) is 0 Å². The van der Waals surface area contributed by atoms with Crippen molar-refractivity contribution in [1.29, 1.82) is 0 Å². The van der Waals surface area contributed by atoms with E-state index in [4.69, 9.17) is 0 Å². The van der Waals surface area contributed by atoms with Gasteiger partial charge in [-0.3, -0.25) is 10.1 Å². The number of para-hydroxylation sites is 1. The summed E-state index contributed by atoms with van der Waals surface area (Å²) < 4.78 is 1.11. The lowest BCUT2D eigenvalue weighted by molar-refractivity contribution is 0.102.